The van der Waals surface area contributed by atoms with Gasteiger partial charge in [0.1, 0.15) is 12.4 Å². The average Bonchev–Trinajstić information content (AvgIpc) is 2.37. The number of sulfonamides is 1. The van der Waals surface area contributed by atoms with Crippen molar-refractivity contribution < 1.29 is 17.9 Å². The van der Waals surface area contributed by atoms with Crippen molar-refractivity contribution in [1.29, 1.82) is 0 Å². The first-order chi connectivity index (χ1) is 9.09. The summed E-state index contributed by atoms with van der Waals surface area (Å²) in [7, 11) is -3.44. The van der Waals surface area contributed by atoms with Gasteiger partial charge < -0.3 is 15.2 Å². The summed E-state index contributed by atoms with van der Waals surface area (Å²) in [5.41, 5.74) is 5.76. The van der Waals surface area contributed by atoms with Crippen molar-refractivity contribution in [2.75, 3.05) is 36.8 Å². The Hall–Kier alpha value is -1.31. The highest BCUT2D eigenvalue weighted by atomic mass is 32.2. The molecule has 3 N–H and O–H groups in total. The van der Waals surface area contributed by atoms with Crippen LogP contribution in [0.4, 0.5) is 5.69 Å². The Labute approximate surface area is 113 Å². The molecule has 0 heterocycles. The molecule has 7 heteroatoms. The van der Waals surface area contributed by atoms with Gasteiger partial charge in [-0.1, -0.05) is 12.1 Å². The standard InChI is InChI=1S/C12H20N2O4S/c1-2-17-9-10-19(15,16)14-11-5-3-4-6-12(11)18-8-7-13/h3-6,14H,2,7-10,13H2,1H3. The van der Waals surface area contributed by atoms with E-state index in [1.54, 1.807) is 24.3 Å². The van der Waals surface area contributed by atoms with Crippen LogP contribution in [0.2, 0.25) is 0 Å². The number of anilines is 1. The third-order valence-corrected chi connectivity index (χ3v) is 3.46. The van der Waals surface area contributed by atoms with Gasteiger partial charge in [0.15, 0.2) is 0 Å². The van der Waals surface area contributed by atoms with Crippen molar-refractivity contribution in [3.8, 4) is 5.75 Å². The molecule has 0 fully saturated rings. The van der Waals surface area contributed by atoms with E-state index < -0.39 is 10.0 Å². The third kappa shape index (κ3) is 5.91. The minimum Gasteiger partial charge on any atom is -0.490 e. The number of nitrogens with one attached hydrogen (secondary N) is 1. The summed E-state index contributed by atoms with van der Waals surface area (Å²) < 4.78 is 36.5. The van der Waals surface area contributed by atoms with Gasteiger partial charge in [0.05, 0.1) is 18.0 Å². The molecule has 0 amide bonds. The maximum absolute atomic E-state index is 11.8. The van der Waals surface area contributed by atoms with E-state index in [0.29, 0.717) is 31.2 Å². The molecule has 6 nitrogen and oxygen atoms in total. The summed E-state index contributed by atoms with van der Waals surface area (Å²) in [6.07, 6.45) is 0. The van der Waals surface area contributed by atoms with E-state index in [1.807, 2.05) is 6.92 Å². The summed E-state index contributed by atoms with van der Waals surface area (Å²) in [6, 6.07) is 6.83. The molecule has 0 bridgehead atoms. The molecule has 108 valence electrons. The number of nitrogens with two attached hydrogens (primary N) is 1. The first-order valence-electron chi connectivity index (χ1n) is 6.09. The fraction of sp³-hybridized carbons (Fsp3) is 0.500. The van der Waals surface area contributed by atoms with E-state index in [-0.39, 0.29) is 12.4 Å². The molecule has 1 rings (SSSR count). The summed E-state index contributed by atoms with van der Waals surface area (Å²) in [4.78, 5) is 0. The Morgan fingerprint density at radius 2 is 2.00 bits per heavy atom. The molecule has 1 aromatic rings. The minimum absolute atomic E-state index is 0.0912. The van der Waals surface area contributed by atoms with E-state index >= 15 is 0 Å². The maximum atomic E-state index is 11.8. The molecule has 1 aromatic carbocycles. The predicted molar refractivity (Wildman–Crippen MR) is 74.9 cm³/mol. The Kier molecular flexibility index (Phi) is 6.61. The first kappa shape index (κ1) is 15.7. The highest BCUT2D eigenvalue weighted by molar-refractivity contribution is 7.92. The van der Waals surface area contributed by atoms with Gasteiger partial charge in [-0.15, -0.1) is 0 Å². The summed E-state index contributed by atoms with van der Waals surface area (Å²) >= 11 is 0. The maximum Gasteiger partial charge on any atom is 0.235 e. The zero-order valence-electron chi connectivity index (χ0n) is 11.0. The SMILES string of the molecule is CCOCCS(=O)(=O)Nc1ccccc1OCCN. The second kappa shape index (κ2) is 7.98. The highest BCUT2D eigenvalue weighted by Gasteiger charge is 2.13. The number of hydrogen-bond donors (Lipinski definition) is 2. The molecule has 0 aromatic heterocycles. The molecule has 0 spiro atoms. The fourth-order valence-corrected chi connectivity index (χ4v) is 2.32. The van der Waals surface area contributed by atoms with E-state index in [4.69, 9.17) is 15.2 Å². The van der Waals surface area contributed by atoms with Crippen molar-refractivity contribution in [3.63, 3.8) is 0 Å². The van der Waals surface area contributed by atoms with Crippen LogP contribution < -0.4 is 15.2 Å². The lowest BCUT2D eigenvalue weighted by atomic mass is 10.3. The normalized spacial score (nSPS) is 11.3. The lowest BCUT2D eigenvalue weighted by Crippen LogP contribution is -2.21. The summed E-state index contributed by atoms with van der Waals surface area (Å²) in [5, 5.41) is 0. The number of rotatable bonds is 9. The number of para-hydroxylation sites is 2. The third-order valence-electron chi connectivity index (χ3n) is 2.23. The molecular formula is C12H20N2O4S. The summed E-state index contributed by atoms with van der Waals surface area (Å²) in [5.74, 6) is 0.374. The average molecular weight is 288 g/mol. The van der Waals surface area contributed by atoms with Crippen LogP contribution in [0, 0.1) is 0 Å². The first-order valence-corrected chi connectivity index (χ1v) is 7.74. The van der Waals surface area contributed by atoms with Crippen LogP contribution in [0.15, 0.2) is 24.3 Å². The Morgan fingerprint density at radius 3 is 2.68 bits per heavy atom. The van der Waals surface area contributed by atoms with Crippen LogP contribution in [0.25, 0.3) is 0 Å². The van der Waals surface area contributed by atoms with Gasteiger partial charge in [-0.3, -0.25) is 4.72 Å². The second-order valence-corrected chi connectivity index (χ2v) is 5.59. The lowest BCUT2D eigenvalue weighted by Gasteiger charge is -2.13. The molecule has 0 aliphatic carbocycles. The van der Waals surface area contributed by atoms with Crippen molar-refractivity contribution in [3.05, 3.63) is 24.3 Å². The van der Waals surface area contributed by atoms with Gasteiger partial charge in [-0.25, -0.2) is 8.42 Å². The van der Waals surface area contributed by atoms with E-state index in [0.717, 1.165) is 0 Å². The van der Waals surface area contributed by atoms with Crippen molar-refractivity contribution in [1.82, 2.24) is 0 Å². The smallest absolute Gasteiger partial charge is 0.235 e. The van der Waals surface area contributed by atoms with Crippen LogP contribution in [0.5, 0.6) is 5.75 Å². The molecule has 0 radical (unpaired) electrons. The summed E-state index contributed by atoms with van der Waals surface area (Å²) in [6.45, 7) is 3.17. The zero-order valence-corrected chi connectivity index (χ0v) is 11.8. The van der Waals surface area contributed by atoms with Crippen molar-refractivity contribution in [2.45, 2.75) is 6.92 Å². The second-order valence-electron chi connectivity index (χ2n) is 3.75. The Bertz CT molecular complexity index is 476. The van der Waals surface area contributed by atoms with Gasteiger partial charge in [-0.2, -0.15) is 0 Å². The molecule has 0 atom stereocenters. The molecular weight excluding hydrogens is 268 g/mol. The molecule has 0 unspecified atom stereocenters. The van der Waals surface area contributed by atoms with E-state index in [2.05, 4.69) is 4.72 Å². The van der Waals surface area contributed by atoms with Crippen LogP contribution in [-0.2, 0) is 14.8 Å². The van der Waals surface area contributed by atoms with E-state index in [9.17, 15) is 8.42 Å². The van der Waals surface area contributed by atoms with Crippen LogP contribution in [0.1, 0.15) is 6.92 Å². The van der Waals surface area contributed by atoms with Gasteiger partial charge in [0.25, 0.3) is 0 Å². The van der Waals surface area contributed by atoms with Gasteiger partial charge in [0, 0.05) is 13.2 Å². The Balaban J connectivity index is 2.69. The fourth-order valence-electron chi connectivity index (χ4n) is 1.38. The molecule has 0 saturated carbocycles. The quantitative estimate of drug-likeness (QED) is 0.656. The Morgan fingerprint density at radius 1 is 1.26 bits per heavy atom. The molecule has 0 aliphatic heterocycles. The van der Waals surface area contributed by atoms with Crippen LogP contribution in [0.3, 0.4) is 0 Å². The van der Waals surface area contributed by atoms with E-state index in [1.165, 1.54) is 0 Å². The topological polar surface area (TPSA) is 90.7 Å². The van der Waals surface area contributed by atoms with Crippen LogP contribution in [-0.4, -0.2) is 40.5 Å². The van der Waals surface area contributed by atoms with Crippen LogP contribution >= 0.6 is 0 Å². The highest BCUT2D eigenvalue weighted by Crippen LogP contribution is 2.24. The minimum atomic E-state index is -3.44. The van der Waals surface area contributed by atoms with Gasteiger partial charge >= 0.3 is 0 Å². The van der Waals surface area contributed by atoms with Crippen molar-refractivity contribution >= 4 is 15.7 Å². The van der Waals surface area contributed by atoms with Gasteiger partial charge in [0.2, 0.25) is 10.0 Å². The predicted octanol–water partition coefficient (Wildman–Crippen LogP) is 0.802. The molecule has 19 heavy (non-hydrogen) atoms. The zero-order chi connectivity index (χ0) is 14.1. The number of ether oxygens (including phenoxy) is 2. The monoisotopic (exact) mass is 288 g/mol. The lowest BCUT2D eigenvalue weighted by molar-refractivity contribution is 0.163. The number of benzene rings is 1. The van der Waals surface area contributed by atoms with Gasteiger partial charge in [-0.05, 0) is 19.1 Å². The largest absolute Gasteiger partial charge is 0.490 e. The number of hydrogen-bond acceptors (Lipinski definition) is 5. The molecule has 0 saturated heterocycles. The van der Waals surface area contributed by atoms with Crippen molar-refractivity contribution in [2.24, 2.45) is 5.73 Å². The molecule has 0 aliphatic rings.